The fraction of sp³-hybridized carbons (Fsp3) is 0.571. The number of rotatable bonds is 3. The molecule has 1 fully saturated rings. The lowest BCUT2D eigenvalue weighted by atomic mass is 10.1. The Kier molecular flexibility index (Phi) is 4.47. The number of aryl methyl sites for hydroxylation is 1. The number of anilines is 1. The van der Waals surface area contributed by atoms with Gasteiger partial charge in [-0.3, -0.25) is 0 Å². The monoisotopic (exact) mass is 282 g/mol. The second kappa shape index (κ2) is 5.92. The van der Waals surface area contributed by atoms with Crippen LogP contribution in [0.15, 0.2) is 23.1 Å². The van der Waals surface area contributed by atoms with Crippen LogP contribution in [0.2, 0.25) is 0 Å². The number of benzene rings is 1. The molecule has 1 heterocycles. The molecule has 2 rings (SSSR count). The minimum atomic E-state index is -3.40. The highest BCUT2D eigenvalue weighted by Crippen LogP contribution is 2.25. The highest BCUT2D eigenvalue weighted by atomic mass is 32.2. The van der Waals surface area contributed by atoms with Gasteiger partial charge in [0.25, 0.3) is 0 Å². The SMILES string of the molecule is CCc1ccc(N)cc1S(=O)(=O)N1CCCCCC1. The Bertz CT molecular complexity index is 532. The van der Waals surface area contributed by atoms with Crippen molar-refractivity contribution in [3.63, 3.8) is 0 Å². The maximum absolute atomic E-state index is 12.7. The van der Waals surface area contributed by atoms with Crippen molar-refractivity contribution in [2.24, 2.45) is 0 Å². The summed E-state index contributed by atoms with van der Waals surface area (Å²) < 4.78 is 27.1. The van der Waals surface area contributed by atoms with E-state index in [0.717, 1.165) is 31.2 Å². The fourth-order valence-corrected chi connectivity index (χ4v) is 4.37. The molecule has 0 unspecified atom stereocenters. The van der Waals surface area contributed by atoms with Gasteiger partial charge in [0.05, 0.1) is 4.90 Å². The zero-order valence-electron chi connectivity index (χ0n) is 11.4. The molecule has 0 amide bonds. The van der Waals surface area contributed by atoms with E-state index in [-0.39, 0.29) is 0 Å². The molecule has 0 atom stereocenters. The van der Waals surface area contributed by atoms with E-state index in [2.05, 4.69) is 0 Å². The summed E-state index contributed by atoms with van der Waals surface area (Å²) in [6.45, 7) is 3.22. The molecule has 1 aliphatic rings. The molecule has 0 aliphatic carbocycles. The normalized spacial score (nSPS) is 18.2. The van der Waals surface area contributed by atoms with Crippen LogP contribution < -0.4 is 5.73 Å². The first-order valence-electron chi connectivity index (χ1n) is 6.94. The highest BCUT2D eigenvalue weighted by Gasteiger charge is 2.27. The van der Waals surface area contributed by atoms with Crippen LogP contribution in [-0.2, 0) is 16.4 Å². The molecular weight excluding hydrogens is 260 g/mol. The molecule has 1 aromatic rings. The van der Waals surface area contributed by atoms with E-state index in [4.69, 9.17) is 5.73 Å². The third kappa shape index (κ3) is 3.09. The molecule has 106 valence electrons. The van der Waals surface area contributed by atoms with Gasteiger partial charge in [0.2, 0.25) is 10.0 Å². The molecule has 0 saturated carbocycles. The van der Waals surface area contributed by atoms with Crippen molar-refractivity contribution in [2.75, 3.05) is 18.8 Å². The van der Waals surface area contributed by atoms with Crippen molar-refractivity contribution in [2.45, 2.75) is 43.9 Å². The van der Waals surface area contributed by atoms with Gasteiger partial charge < -0.3 is 5.73 Å². The van der Waals surface area contributed by atoms with Crippen molar-refractivity contribution >= 4 is 15.7 Å². The molecule has 1 aromatic carbocycles. The highest BCUT2D eigenvalue weighted by molar-refractivity contribution is 7.89. The standard InChI is InChI=1S/C14H22N2O2S/c1-2-12-7-8-13(15)11-14(12)19(17,18)16-9-5-3-4-6-10-16/h7-8,11H,2-6,9-10,15H2,1H3. The van der Waals surface area contributed by atoms with Crippen molar-refractivity contribution in [3.8, 4) is 0 Å². The Morgan fingerprint density at radius 3 is 2.37 bits per heavy atom. The summed E-state index contributed by atoms with van der Waals surface area (Å²) in [7, 11) is -3.40. The summed E-state index contributed by atoms with van der Waals surface area (Å²) in [6, 6.07) is 5.18. The zero-order chi connectivity index (χ0) is 13.9. The van der Waals surface area contributed by atoms with Gasteiger partial charge >= 0.3 is 0 Å². The maximum atomic E-state index is 12.7. The number of sulfonamides is 1. The Morgan fingerprint density at radius 1 is 1.16 bits per heavy atom. The Labute approximate surface area is 115 Å². The summed E-state index contributed by atoms with van der Waals surface area (Å²) in [5, 5.41) is 0. The van der Waals surface area contributed by atoms with Gasteiger partial charge in [-0.2, -0.15) is 4.31 Å². The van der Waals surface area contributed by atoms with Crippen LogP contribution in [0.4, 0.5) is 5.69 Å². The quantitative estimate of drug-likeness (QED) is 0.866. The van der Waals surface area contributed by atoms with E-state index < -0.39 is 10.0 Å². The molecule has 1 saturated heterocycles. The van der Waals surface area contributed by atoms with Gasteiger partial charge in [0.15, 0.2) is 0 Å². The smallest absolute Gasteiger partial charge is 0.243 e. The number of hydrogen-bond donors (Lipinski definition) is 1. The van der Waals surface area contributed by atoms with E-state index in [0.29, 0.717) is 30.1 Å². The molecule has 1 aliphatic heterocycles. The molecule has 0 spiro atoms. The van der Waals surface area contributed by atoms with Crippen molar-refractivity contribution in [3.05, 3.63) is 23.8 Å². The molecule has 0 radical (unpaired) electrons. The summed E-state index contributed by atoms with van der Waals surface area (Å²) in [6.07, 6.45) is 4.82. The van der Waals surface area contributed by atoms with Crippen LogP contribution in [0, 0.1) is 0 Å². The van der Waals surface area contributed by atoms with Gasteiger partial charge in [-0.05, 0) is 37.0 Å². The van der Waals surface area contributed by atoms with Crippen LogP contribution in [0.5, 0.6) is 0 Å². The predicted molar refractivity (Wildman–Crippen MR) is 77.5 cm³/mol. The number of nitrogens with zero attached hydrogens (tertiary/aromatic N) is 1. The second-order valence-corrected chi connectivity index (χ2v) is 6.95. The van der Waals surface area contributed by atoms with E-state index in [1.807, 2.05) is 13.0 Å². The van der Waals surface area contributed by atoms with E-state index >= 15 is 0 Å². The summed E-state index contributed by atoms with van der Waals surface area (Å²) in [5.74, 6) is 0. The largest absolute Gasteiger partial charge is 0.399 e. The van der Waals surface area contributed by atoms with Gasteiger partial charge in [0.1, 0.15) is 0 Å². The first kappa shape index (κ1) is 14.3. The minimum Gasteiger partial charge on any atom is -0.399 e. The lowest BCUT2D eigenvalue weighted by Crippen LogP contribution is -2.32. The zero-order valence-corrected chi connectivity index (χ0v) is 12.2. The summed E-state index contributed by atoms with van der Waals surface area (Å²) in [5.41, 5.74) is 7.11. The number of nitrogen functional groups attached to an aromatic ring is 1. The summed E-state index contributed by atoms with van der Waals surface area (Å²) >= 11 is 0. The molecule has 2 N–H and O–H groups in total. The first-order valence-corrected chi connectivity index (χ1v) is 8.38. The van der Waals surface area contributed by atoms with Crippen LogP contribution in [0.3, 0.4) is 0 Å². The Balaban J connectivity index is 2.40. The third-order valence-electron chi connectivity index (χ3n) is 3.65. The Morgan fingerprint density at radius 2 is 1.79 bits per heavy atom. The summed E-state index contributed by atoms with van der Waals surface area (Å²) in [4.78, 5) is 0.386. The molecular formula is C14H22N2O2S. The van der Waals surface area contributed by atoms with Crippen LogP contribution in [-0.4, -0.2) is 25.8 Å². The molecule has 19 heavy (non-hydrogen) atoms. The molecule has 0 bridgehead atoms. The van der Waals surface area contributed by atoms with Crippen LogP contribution >= 0.6 is 0 Å². The third-order valence-corrected chi connectivity index (χ3v) is 5.64. The maximum Gasteiger partial charge on any atom is 0.243 e. The minimum absolute atomic E-state index is 0.386. The molecule has 5 heteroatoms. The first-order chi connectivity index (χ1) is 9.05. The average molecular weight is 282 g/mol. The second-order valence-electron chi connectivity index (χ2n) is 5.04. The molecule has 4 nitrogen and oxygen atoms in total. The van der Waals surface area contributed by atoms with E-state index in [9.17, 15) is 8.42 Å². The molecule has 0 aromatic heterocycles. The van der Waals surface area contributed by atoms with E-state index in [1.165, 1.54) is 0 Å². The lowest BCUT2D eigenvalue weighted by Gasteiger charge is -2.21. The van der Waals surface area contributed by atoms with E-state index in [1.54, 1.807) is 16.4 Å². The number of hydrogen-bond acceptors (Lipinski definition) is 3. The van der Waals surface area contributed by atoms with Crippen molar-refractivity contribution < 1.29 is 8.42 Å². The fourth-order valence-electron chi connectivity index (χ4n) is 2.52. The van der Waals surface area contributed by atoms with Crippen LogP contribution in [0.25, 0.3) is 0 Å². The van der Waals surface area contributed by atoms with Gasteiger partial charge in [-0.1, -0.05) is 25.8 Å². The van der Waals surface area contributed by atoms with Crippen LogP contribution in [0.1, 0.15) is 38.2 Å². The Hall–Kier alpha value is -1.07. The topological polar surface area (TPSA) is 63.4 Å². The lowest BCUT2D eigenvalue weighted by molar-refractivity contribution is 0.423. The number of nitrogens with two attached hydrogens (primary N) is 1. The van der Waals surface area contributed by atoms with Gasteiger partial charge in [-0.25, -0.2) is 8.42 Å². The van der Waals surface area contributed by atoms with Crippen molar-refractivity contribution in [1.29, 1.82) is 0 Å². The predicted octanol–water partition coefficient (Wildman–Crippen LogP) is 2.40. The van der Waals surface area contributed by atoms with Gasteiger partial charge in [0, 0.05) is 18.8 Å². The van der Waals surface area contributed by atoms with Gasteiger partial charge in [-0.15, -0.1) is 0 Å². The van der Waals surface area contributed by atoms with Crippen molar-refractivity contribution in [1.82, 2.24) is 4.31 Å². The average Bonchev–Trinajstić information content (AvgIpc) is 2.68.